The Balaban J connectivity index is 1.47. The fraction of sp³-hybridized carbons (Fsp3) is 0.227. The fourth-order valence-corrected chi connectivity index (χ4v) is 3.47. The van der Waals surface area contributed by atoms with Crippen LogP contribution in [-0.2, 0) is 24.4 Å². The SMILES string of the molecule is COCc1cc(-c2nnc3c4ccccc4c(OCc4ccc(CC(F)(F)F)cn4)nn23)no1. The maximum atomic E-state index is 12.6. The van der Waals surface area contributed by atoms with Gasteiger partial charge in [0, 0.05) is 30.1 Å². The van der Waals surface area contributed by atoms with Gasteiger partial charge in [-0.25, -0.2) is 0 Å². The van der Waals surface area contributed by atoms with Crippen LogP contribution in [0.2, 0.25) is 0 Å². The van der Waals surface area contributed by atoms with Crippen molar-refractivity contribution in [2.24, 2.45) is 0 Å². The van der Waals surface area contributed by atoms with Crippen LogP contribution in [-0.4, -0.2) is 43.2 Å². The highest BCUT2D eigenvalue weighted by atomic mass is 19.4. The first-order valence-corrected chi connectivity index (χ1v) is 10.1. The molecule has 0 aliphatic carbocycles. The molecular formula is C22H17F3N6O3. The first-order chi connectivity index (χ1) is 16.4. The molecule has 0 radical (unpaired) electrons. The van der Waals surface area contributed by atoms with Gasteiger partial charge in [0.2, 0.25) is 11.7 Å². The standard InChI is InChI=1S/C22H17F3N6O3/c1-32-12-15-8-18(30-34-15)20-28-27-19-16-4-2-3-5-17(16)21(29-31(19)20)33-11-14-7-6-13(10-26-14)9-22(23,24)25/h2-8,10H,9,11-12H2,1H3. The van der Waals surface area contributed by atoms with Gasteiger partial charge in [0.1, 0.15) is 13.2 Å². The number of hydrogen-bond donors (Lipinski definition) is 0. The van der Waals surface area contributed by atoms with E-state index < -0.39 is 12.6 Å². The first kappa shape index (κ1) is 21.8. The summed E-state index contributed by atoms with van der Waals surface area (Å²) in [6.07, 6.45) is -4.13. The highest BCUT2D eigenvalue weighted by Gasteiger charge is 2.27. The topological polar surface area (TPSA) is 100 Å². The lowest BCUT2D eigenvalue weighted by Crippen LogP contribution is -2.12. The summed E-state index contributed by atoms with van der Waals surface area (Å²) in [5.41, 5.74) is 1.47. The normalized spacial score (nSPS) is 12.0. The van der Waals surface area contributed by atoms with Gasteiger partial charge < -0.3 is 14.0 Å². The van der Waals surface area contributed by atoms with Crippen molar-refractivity contribution in [2.75, 3.05) is 7.11 Å². The molecule has 0 fully saturated rings. The molecule has 5 aromatic rings. The zero-order chi connectivity index (χ0) is 23.7. The molecule has 0 bridgehead atoms. The van der Waals surface area contributed by atoms with Crippen LogP contribution in [0.25, 0.3) is 27.9 Å². The summed E-state index contributed by atoms with van der Waals surface area (Å²) in [5.74, 6) is 1.16. The maximum Gasteiger partial charge on any atom is 0.393 e. The first-order valence-electron chi connectivity index (χ1n) is 10.1. The summed E-state index contributed by atoms with van der Waals surface area (Å²) < 4.78 is 55.4. The summed E-state index contributed by atoms with van der Waals surface area (Å²) in [6.45, 7) is 0.261. The van der Waals surface area contributed by atoms with E-state index in [1.807, 2.05) is 24.3 Å². The van der Waals surface area contributed by atoms with Crippen LogP contribution in [0.4, 0.5) is 13.2 Å². The molecule has 0 N–H and O–H groups in total. The second kappa shape index (κ2) is 8.71. The third kappa shape index (κ3) is 4.39. The molecule has 0 aliphatic heterocycles. The van der Waals surface area contributed by atoms with Gasteiger partial charge in [0.15, 0.2) is 17.1 Å². The molecule has 0 amide bonds. The van der Waals surface area contributed by atoms with E-state index in [2.05, 4.69) is 25.4 Å². The number of nitrogens with zero attached hydrogens (tertiary/aromatic N) is 6. The number of halogens is 3. The molecular weight excluding hydrogens is 453 g/mol. The minimum absolute atomic E-state index is 0.00814. The number of pyridine rings is 1. The highest BCUT2D eigenvalue weighted by molar-refractivity contribution is 5.96. The summed E-state index contributed by atoms with van der Waals surface area (Å²) in [4.78, 5) is 4.08. The average molecular weight is 470 g/mol. The Morgan fingerprint density at radius 1 is 1.03 bits per heavy atom. The van der Waals surface area contributed by atoms with Crippen molar-refractivity contribution >= 4 is 16.4 Å². The van der Waals surface area contributed by atoms with E-state index in [1.165, 1.54) is 22.8 Å². The Labute approximate surface area is 190 Å². The molecule has 0 saturated carbocycles. The molecule has 5 rings (SSSR count). The molecule has 0 aliphatic rings. The highest BCUT2D eigenvalue weighted by Crippen LogP contribution is 2.29. The number of hydrogen-bond acceptors (Lipinski definition) is 8. The fourth-order valence-electron chi connectivity index (χ4n) is 3.47. The summed E-state index contributed by atoms with van der Waals surface area (Å²) in [6, 6.07) is 12.0. The van der Waals surface area contributed by atoms with Crippen molar-refractivity contribution in [2.45, 2.75) is 25.8 Å². The van der Waals surface area contributed by atoms with Gasteiger partial charge in [0.25, 0.3) is 0 Å². The van der Waals surface area contributed by atoms with Crippen molar-refractivity contribution < 1.29 is 27.2 Å². The molecule has 174 valence electrons. The molecule has 0 unspecified atom stereocenters. The Hall–Kier alpha value is -4.06. The molecule has 12 heteroatoms. The molecule has 34 heavy (non-hydrogen) atoms. The van der Waals surface area contributed by atoms with Crippen LogP contribution in [0.15, 0.2) is 53.2 Å². The van der Waals surface area contributed by atoms with Crippen molar-refractivity contribution in [1.29, 1.82) is 0 Å². The van der Waals surface area contributed by atoms with Crippen LogP contribution in [0.5, 0.6) is 5.88 Å². The third-order valence-electron chi connectivity index (χ3n) is 4.95. The largest absolute Gasteiger partial charge is 0.470 e. The number of aromatic nitrogens is 6. The minimum atomic E-state index is -4.29. The lowest BCUT2D eigenvalue weighted by molar-refractivity contribution is -0.127. The lowest BCUT2D eigenvalue weighted by atomic mass is 10.2. The Kier molecular flexibility index (Phi) is 5.57. The lowest BCUT2D eigenvalue weighted by Gasteiger charge is -2.10. The van der Waals surface area contributed by atoms with Gasteiger partial charge in [-0.2, -0.15) is 17.7 Å². The van der Waals surface area contributed by atoms with E-state index in [9.17, 15) is 13.2 Å². The van der Waals surface area contributed by atoms with Gasteiger partial charge in [-0.05, 0) is 17.7 Å². The number of benzene rings is 1. The zero-order valence-corrected chi connectivity index (χ0v) is 17.8. The van der Waals surface area contributed by atoms with E-state index in [1.54, 1.807) is 13.2 Å². The molecule has 4 heterocycles. The predicted molar refractivity (Wildman–Crippen MR) is 113 cm³/mol. The quantitative estimate of drug-likeness (QED) is 0.350. The van der Waals surface area contributed by atoms with Crippen molar-refractivity contribution in [1.82, 2.24) is 30.0 Å². The van der Waals surface area contributed by atoms with Crippen molar-refractivity contribution in [3.63, 3.8) is 0 Å². The number of methoxy groups -OCH3 is 1. The van der Waals surface area contributed by atoms with E-state index in [-0.39, 0.29) is 24.7 Å². The molecule has 9 nitrogen and oxygen atoms in total. The Bertz CT molecular complexity index is 1450. The second-order valence-corrected chi connectivity index (χ2v) is 7.46. The van der Waals surface area contributed by atoms with Gasteiger partial charge >= 0.3 is 6.18 Å². The van der Waals surface area contributed by atoms with Crippen LogP contribution < -0.4 is 4.74 Å². The summed E-state index contributed by atoms with van der Waals surface area (Å²) in [7, 11) is 1.55. The van der Waals surface area contributed by atoms with Gasteiger partial charge in [0.05, 0.1) is 12.1 Å². The van der Waals surface area contributed by atoms with E-state index in [0.29, 0.717) is 34.0 Å². The number of alkyl halides is 3. The van der Waals surface area contributed by atoms with Crippen LogP contribution >= 0.6 is 0 Å². The predicted octanol–water partition coefficient (Wildman–Crippen LogP) is 4.16. The molecule has 0 spiro atoms. The van der Waals surface area contributed by atoms with Crippen LogP contribution in [0, 0.1) is 0 Å². The zero-order valence-electron chi connectivity index (χ0n) is 17.8. The summed E-state index contributed by atoms with van der Waals surface area (Å²) >= 11 is 0. The second-order valence-electron chi connectivity index (χ2n) is 7.46. The van der Waals surface area contributed by atoms with Crippen molar-refractivity contribution in [3.8, 4) is 17.4 Å². The van der Waals surface area contributed by atoms with Gasteiger partial charge in [-0.3, -0.25) is 4.98 Å². The van der Waals surface area contributed by atoms with Crippen LogP contribution in [0.1, 0.15) is 17.0 Å². The average Bonchev–Trinajstić information content (AvgIpc) is 3.44. The molecule has 1 aromatic carbocycles. The van der Waals surface area contributed by atoms with E-state index in [4.69, 9.17) is 14.0 Å². The Morgan fingerprint density at radius 3 is 2.59 bits per heavy atom. The van der Waals surface area contributed by atoms with Gasteiger partial charge in [-0.1, -0.05) is 29.4 Å². The Morgan fingerprint density at radius 2 is 1.85 bits per heavy atom. The van der Waals surface area contributed by atoms with E-state index in [0.717, 1.165) is 5.39 Å². The maximum absolute atomic E-state index is 12.6. The third-order valence-corrected chi connectivity index (χ3v) is 4.95. The van der Waals surface area contributed by atoms with Crippen molar-refractivity contribution in [3.05, 3.63) is 65.7 Å². The number of ether oxygens (including phenoxy) is 2. The minimum Gasteiger partial charge on any atom is -0.470 e. The molecule has 0 atom stereocenters. The number of rotatable bonds is 7. The monoisotopic (exact) mass is 470 g/mol. The number of fused-ring (bicyclic) bond motifs is 3. The molecule has 4 aromatic heterocycles. The smallest absolute Gasteiger partial charge is 0.393 e. The van der Waals surface area contributed by atoms with Gasteiger partial charge in [-0.15, -0.1) is 15.3 Å². The van der Waals surface area contributed by atoms with Crippen LogP contribution in [0.3, 0.4) is 0 Å². The summed E-state index contributed by atoms with van der Waals surface area (Å²) in [5, 5.41) is 18.5. The molecule has 0 saturated heterocycles. The van der Waals surface area contributed by atoms with E-state index >= 15 is 0 Å².